The van der Waals surface area contributed by atoms with E-state index >= 15 is 0 Å². The van der Waals surface area contributed by atoms with Gasteiger partial charge in [0.25, 0.3) is 0 Å². The highest BCUT2D eigenvalue weighted by atomic mass is 79.9. The number of rotatable bonds is 5. The van der Waals surface area contributed by atoms with E-state index in [4.69, 9.17) is 4.74 Å². The predicted octanol–water partition coefficient (Wildman–Crippen LogP) is 4.49. The summed E-state index contributed by atoms with van der Waals surface area (Å²) in [4.78, 5) is 0. The normalized spacial score (nSPS) is 21.9. The number of nitrogens with one attached hydrogen (secondary N) is 1. The Morgan fingerprint density at radius 1 is 1.59 bits per heavy atom. The molecule has 0 amide bonds. The highest BCUT2D eigenvalue weighted by molar-refractivity contribution is 9.12. The van der Waals surface area contributed by atoms with Crippen molar-refractivity contribution in [3.63, 3.8) is 0 Å². The highest BCUT2D eigenvalue weighted by Gasteiger charge is 2.20. The van der Waals surface area contributed by atoms with Crippen molar-refractivity contribution in [1.82, 2.24) is 5.32 Å². The second-order valence-electron chi connectivity index (χ2n) is 4.33. The summed E-state index contributed by atoms with van der Waals surface area (Å²) >= 11 is 8.90. The molecule has 1 aliphatic heterocycles. The largest absolute Gasteiger partial charge is 0.378 e. The van der Waals surface area contributed by atoms with E-state index in [1.54, 1.807) is 11.3 Å². The van der Waals surface area contributed by atoms with Crippen molar-refractivity contribution in [2.75, 3.05) is 13.7 Å². The lowest BCUT2D eigenvalue weighted by atomic mass is 10.0. The molecule has 1 N–H and O–H groups in total. The van der Waals surface area contributed by atoms with Crippen molar-refractivity contribution in [2.45, 2.75) is 37.8 Å². The molecule has 1 aliphatic rings. The smallest absolute Gasteiger partial charge is 0.0758 e. The maximum absolute atomic E-state index is 5.67. The van der Waals surface area contributed by atoms with Crippen LogP contribution in [-0.2, 0) is 4.74 Å². The van der Waals surface area contributed by atoms with Gasteiger partial charge in [0.1, 0.15) is 0 Å². The van der Waals surface area contributed by atoms with Crippen LogP contribution in [0.15, 0.2) is 13.6 Å². The third-order valence-electron chi connectivity index (χ3n) is 3.21. The van der Waals surface area contributed by atoms with Gasteiger partial charge in [-0.1, -0.05) is 0 Å². The first kappa shape index (κ1) is 14.0. The summed E-state index contributed by atoms with van der Waals surface area (Å²) < 4.78 is 8.07. The molecule has 1 aromatic rings. The van der Waals surface area contributed by atoms with Gasteiger partial charge in [-0.05, 0) is 76.2 Å². The van der Waals surface area contributed by atoms with E-state index < -0.39 is 0 Å². The zero-order valence-electron chi connectivity index (χ0n) is 9.84. The first-order valence-corrected chi connectivity index (χ1v) is 8.34. The molecule has 2 heterocycles. The van der Waals surface area contributed by atoms with Crippen LogP contribution in [0, 0.1) is 0 Å². The average Bonchev–Trinajstić information content (AvgIpc) is 2.90. The summed E-state index contributed by atoms with van der Waals surface area (Å²) in [6.45, 7) is 0.947. The monoisotopic (exact) mass is 381 g/mol. The van der Waals surface area contributed by atoms with Gasteiger partial charge < -0.3 is 10.1 Å². The Hall–Kier alpha value is 0.580. The second kappa shape index (κ2) is 6.66. The fraction of sp³-hybridized carbons (Fsp3) is 0.667. The minimum atomic E-state index is 0.413. The van der Waals surface area contributed by atoms with Gasteiger partial charge in [-0.3, -0.25) is 0 Å². The Kier molecular flexibility index (Phi) is 5.49. The molecule has 0 bridgehead atoms. The van der Waals surface area contributed by atoms with Gasteiger partial charge in [0.15, 0.2) is 0 Å². The minimum Gasteiger partial charge on any atom is -0.378 e. The van der Waals surface area contributed by atoms with E-state index in [0.717, 1.165) is 19.4 Å². The summed E-state index contributed by atoms with van der Waals surface area (Å²) in [6, 6.07) is 2.61. The lowest BCUT2D eigenvalue weighted by Gasteiger charge is -2.18. The molecule has 17 heavy (non-hydrogen) atoms. The Balaban J connectivity index is 1.93. The first-order valence-electron chi connectivity index (χ1n) is 5.94. The minimum absolute atomic E-state index is 0.413. The van der Waals surface area contributed by atoms with Crippen molar-refractivity contribution >= 4 is 43.2 Å². The van der Waals surface area contributed by atoms with Crippen LogP contribution in [0.25, 0.3) is 0 Å². The maximum Gasteiger partial charge on any atom is 0.0758 e. The lowest BCUT2D eigenvalue weighted by molar-refractivity contribution is 0.0998. The molecule has 2 nitrogen and oxygen atoms in total. The molecular formula is C12H17Br2NOS. The number of hydrogen-bond donors (Lipinski definition) is 1. The Morgan fingerprint density at radius 2 is 2.41 bits per heavy atom. The Morgan fingerprint density at radius 3 is 2.94 bits per heavy atom. The number of thiophene rings is 1. The quantitative estimate of drug-likeness (QED) is 0.809. The number of ether oxygens (including phenoxy) is 1. The molecule has 2 atom stereocenters. The summed E-state index contributed by atoms with van der Waals surface area (Å²) in [6.07, 6.45) is 5.20. The molecule has 0 radical (unpaired) electrons. The van der Waals surface area contributed by atoms with Gasteiger partial charge in [0, 0.05) is 12.6 Å². The second-order valence-corrected chi connectivity index (χ2v) is 8.08. The topological polar surface area (TPSA) is 21.3 Å². The van der Waals surface area contributed by atoms with Crippen molar-refractivity contribution < 1.29 is 4.74 Å². The van der Waals surface area contributed by atoms with Crippen LogP contribution in [0.3, 0.4) is 0 Å². The molecular weight excluding hydrogens is 366 g/mol. The molecule has 2 unspecified atom stereocenters. The van der Waals surface area contributed by atoms with Crippen molar-refractivity contribution in [3.05, 3.63) is 19.2 Å². The fourth-order valence-electron chi connectivity index (χ4n) is 2.27. The number of hydrogen-bond acceptors (Lipinski definition) is 3. The Bertz CT molecular complexity index is 363. The van der Waals surface area contributed by atoms with Gasteiger partial charge in [0.05, 0.1) is 13.7 Å². The lowest BCUT2D eigenvalue weighted by Crippen LogP contribution is -2.18. The van der Waals surface area contributed by atoms with Gasteiger partial charge in [-0.2, -0.15) is 0 Å². The third-order valence-corrected chi connectivity index (χ3v) is 5.59. The predicted molar refractivity (Wildman–Crippen MR) is 79.7 cm³/mol. The van der Waals surface area contributed by atoms with Crippen LogP contribution in [0.1, 0.15) is 37.3 Å². The highest BCUT2D eigenvalue weighted by Crippen LogP contribution is 2.37. The summed E-state index contributed by atoms with van der Waals surface area (Å²) in [5.41, 5.74) is 1.35. The molecule has 1 aromatic heterocycles. The molecule has 0 saturated carbocycles. The molecule has 0 spiro atoms. The van der Waals surface area contributed by atoms with E-state index in [9.17, 15) is 0 Å². The van der Waals surface area contributed by atoms with Gasteiger partial charge in [-0.15, -0.1) is 11.3 Å². The summed E-state index contributed by atoms with van der Waals surface area (Å²) in [5, 5.41) is 3.40. The standard InChI is InChI=1S/C12H17Br2NOS/c1-15-10(5-4-8-3-2-6-16-8)9-7-11(13)17-12(9)14/h7-8,10,15H,2-6H2,1H3. The van der Waals surface area contributed by atoms with Crippen LogP contribution < -0.4 is 5.32 Å². The van der Waals surface area contributed by atoms with Crippen molar-refractivity contribution in [2.24, 2.45) is 0 Å². The van der Waals surface area contributed by atoms with Gasteiger partial charge in [-0.25, -0.2) is 0 Å². The molecule has 1 fully saturated rings. The van der Waals surface area contributed by atoms with Crippen LogP contribution in [0.2, 0.25) is 0 Å². The van der Waals surface area contributed by atoms with Crippen LogP contribution >= 0.6 is 43.2 Å². The average molecular weight is 383 g/mol. The van der Waals surface area contributed by atoms with Crippen molar-refractivity contribution in [1.29, 1.82) is 0 Å². The number of halogens is 2. The zero-order valence-corrected chi connectivity index (χ0v) is 13.8. The van der Waals surface area contributed by atoms with Crippen LogP contribution in [0.4, 0.5) is 0 Å². The molecule has 5 heteroatoms. The van der Waals surface area contributed by atoms with E-state index in [1.165, 1.54) is 26.0 Å². The summed E-state index contributed by atoms with van der Waals surface area (Å²) in [5.74, 6) is 0. The van der Waals surface area contributed by atoms with Crippen LogP contribution in [0.5, 0.6) is 0 Å². The van der Waals surface area contributed by atoms with Gasteiger partial charge in [0.2, 0.25) is 0 Å². The third kappa shape index (κ3) is 3.77. The SMILES string of the molecule is CNC(CCC1CCCO1)c1cc(Br)sc1Br. The molecule has 96 valence electrons. The van der Waals surface area contributed by atoms with Gasteiger partial charge >= 0.3 is 0 Å². The molecule has 0 aliphatic carbocycles. The van der Waals surface area contributed by atoms with Crippen LogP contribution in [-0.4, -0.2) is 19.8 Å². The molecule has 1 saturated heterocycles. The van der Waals surface area contributed by atoms with E-state index in [-0.39, 0.29) is 0 Å². The fourth-order valence-corrected chi connectivity index (χ4v) is 5.24. The van der Waals surface area contributed by atoms with E-state index in [0.29, 0.717) is 12.1 Å². The van der Waals surface area contributed by atoms with E-state index in [1.807, 2.05) is 7.05 Å². The maximum atomic E-state index is 5.67. The van der Waals surface area contributed by atoms with Crippen molar-refractivity contribution in [3.8, 4) is 0 Å². The zero-order chi connectivity index (χ0) is 12.3. The molecule has 0 aromatic carbocycles. The summed E-state index contributed by atoms with van der Waals surface area (Å²) in [7, 11) is 2.03. The first-order chi connectivity index (χ1) is 8.20. The molecule has 2 rings (SSSR count). The van der Waals surface area contributed by atoms with E-state index in [2.05, 4.69) is 43.2 Å². The Labute approximate surface area is 123 Å².